The van der Waals surface area contributed by atoms with Crippen LogP contribution in [0.25, 0.3) is 5.57 Å². The zero-order chi connectivity index (χ0) is 21.4. The van der Waals surface area contributed by atoms with Gasteiger partial charge in [-0.3, -0.25) is 4.79 Å². The molecule has 0 saturated heterocycles. The Bertz CT molecular complexity index is 868. The molecule has 1 aliphatic rings. The van der Waals surface area contributed by atoms with Gasteiger partial charge < -0.3 is 0 Å². The van der Waals surface area contributed by atoms with Crippen molar-refractivity contribution in [3.8, 4) is 0 Å². The molecule has 30 heavy (non-hydrogen) atoms. The normalized spacial score (nSPS) is 11.5. The van der Waals surface area contributed by atoms with Gasteiger partial charge in [-0.15, -0.1) is 13.2 Å². The molecular weight excluding hydrogens is 364 g/mol. The van der Waals surface area contributed by atoms with Gasteiger partial charge >= 0.3 is 0 Å². The minimum absolute atomic E-state index is 0.224. The third-order valence-corrected chi connectivity index (χ3v) is 4.88. The van der Waals surface area contributed by atoms with Crippen LogP contribution in [0, 0.1) is 0 Å². The van der Waals surface area contributed by atoms with E-state index in [9.17, 15) is 4.79 Å². The van der Waals surface area contributed by atoms with Gasteiger partial charge in [0, 0.05) is 12.0 Å². The average molecular weight is 397 g/mol. The number of allylic oxidation sites excluding steroid dienone is 8. The molecule has 0 heterocycles. The highest BCUT2D eigenvalue weighted by molar-refractivity contribution is 5.95. The summed E-state index contributed by atoms with van der Waals surface area (Å²) in [6.07, 6.45) is 18.2. The van der Waals surface area contributed by atoms with Crippen LogP contribution in [-0.4, -0.2) is 5.78 Å². The summed E-state index contributed by atoms with van der Waals surface area (Å²) >= 11 is 0. The van der Waals surface area contributed by atoms with Crippen molar-refractivity contribution in [1.82, 2.24) is 0 Å². The second-order valence-electron chi connectivity index (χ2n) is 7.17. The van der Waals surface area contributed by atoms with Gasteiger partial charge in [-0.1, -0.05) is 97.1 Å². The lowest BCUT2D eigenvalue weighted by molar-refractivity contribution is 0.0980. The standard InChI is InChI=1S/C17H18.C12H14O/c1-2-3-5-14-17(16-12-8-9-13-16)15-10-6-4-7-11-15;1-2-3-5-10-12(13)11-8-6-4-7-9-11/h2,4,6-13H,1,3,5,14H2;2,4,6-9H,1,3,5,10H2. The van der Waals surface area contributed by atoms with E-state index >= 15 is 0 Å². The minimum Gasteiger partial charge on any atom is -0.294 e. The molecule has 1 heteroatoms. The number of ketones is 1. The lowest BCUT2D eigenvalue weighted by Crippen LogP contribution is -1.97. The number of hydrogen-bond acceptors (Lipinski definition) is 1. The van der Waals surface area contributed by atoms with E-state index in [-0.39, 0.29) is 5.78 Å². The van der Waals surface area contributed by atoms with Crippen molar-refractivity contribution in [2.24, 2.45) is 0 Å². The monoisotopic (exact) mass is 396 g/mol. The Balaban J connectivity index is 0.000000222. The number of carbonyl (C=O) groups excluding carboxylic acids is 1. The fraction of sp³-hybridized carbons (Fsp3) is 0.207. The number of hydrogen-bond donors (Lipinski definition) is 0. The molecule has 0 aliphatic heterocycles. The molecule has 1 aliphatic carbocycles. The van der Waals surface area contributed by atoms with Crippen molar-refractivity contribution in [2.45, 2.75) is 38.5 Å². The number of unbranched alkanes of at least 4 members (excludes halogenated alkanes) is 2. The summed E-state index contributed by atoms with van der Waals surface area (Å²) in [5, 5.41) is 0. The summed E-state index contributed by atoms with van der Waals surface area (Å²) in [5.74, 6) is 0.224. The molecule has 1 nitrogen and oxygen atoms in total. The lowest BCUT2D eigenvalue weighted by atomic mass is 9.95. The Morgan fingerprint density at radius 3 is 1.73 bits per heavy atom. The van der Waals surface area contributed by atoms with Crippen LogP contribution in [-0.2, 0) is 0 Å². The highest BCUT2D eigenvalue weighted by atomic mass is 16.1. The molecule has 0 N–H and O–H groups in total. The van der Waals surface area contributed by atoms with E-state index in [4.69, 9.17) is 0 Å². The lowest BCUT2D eigenvalue weighted by Gasteiger charge is -2.09. The van der Waals surface area contributed by atoms with Crippen LogP contribution in [0.5, 0.6) is 0 Å². The maximum atomic E-state index is 11.5. The first-order valence-electron chi connectivity index (χ1n) is 10.7. The Hall–Kier alpha value is -3.19. The number of benzene rings is 2. The molecule has 2 aromatic rings. The third kappa shape index (κ3) is 8.05. The molecule has 0 fully saturated rings. The van der Waals surface area contributed by atoms with Crippen molar-refractivity contribution >= 4 is 11.4 Å². The summed E-state index contributed by atoms with van der Waals surface area (Å²) in [6.45, 7) is 7.40. The largest absolute Gasteiger partial charge is 0.294 e. The molecule has 0 saturated carbocycles. The summed E-state index contributed by atoms with van der Waals surface area (Å²) < 4.78 is 0. The molecule has 3 rings (SSSR count). The van der Waals surface area contributed by atoms with E-state index < -0.39 is 0 Å². The number of Topliss-reactive ketones (excluding diaryl/α,β-unsaturated/α-hetero) is 1. The molecular formula is C29H32O. The highest BCUT2D eigenvalue weighted by Crippen LogP contribution is 2.27. The van der Waals surface area contributed by atoms with E-state index in [0.717, 1.165) is 31.2 Å². The molecule has 0 radical (unpaired) electrons. The molecule has 0 spiro atoms. The van der Waals surface area contributed by atoms with E-state index in [2.05, 4.69) is 67.8 Å². The maximum absolute atomic E-state index is 11.5. The molecule has 0 aromatic heterocycles. The van der Waals surface area contributed by atoms with Gasteiger partial charge in [0.25, 0.3) is 0 Å². The van der Waals surface area contributed by atoms with Crippen LogP contribution in [0.15, 0.2) is 116 Å². The Kier molecular flexibility index (Phi) is 10.7. The van der Waals surface area contributed by atoms with Crippen LogP contribution in [0.3, 0.4) is 0 Å². The maximum Gasteiger partial charge on any atom is 0.162 e. The number of rotatable bonds is 10. The van der Waals surface area contributed by atoms with Crippen LogP contribution in [0.2, 0.25) is 0 Å². The first-order valence-corrected chi connectivity index (χ1v) is 10.7. The quantitative estimate of drug-likeness (QED) is 0.225. The predicted molar refractivity (Wildman–Crippen MR) is 131 cm³/mol. The summed E-state index contributed by atoms with van der Waals surface area (Å²) in [7, 11) is 0. The molecule has 0 amide bonds. The Labute approximate surface area is 181 Å². The summed E-state index contributed by atoms with van der Waals surface area (Å²) in [5.41, 5.74) is 4.94. The smallest absolute Gasteiger partial charge is 0.162 e. The Morgan fingerprint density at radius 2 is 1.20 bits per heavy atom. The van der Waals surface area contributed by atoms with E-state index in [1.165, 1.54) is 23.1 Å². The summed E-state index contributed by atoms with van der Waals surface area (Å²) in [6, 6.07) is 20.1. The number of carbonyl (C=O) groups is 1. The van der Waals surface area contributed by atoms with Crippen molar-refractivity contribution in [1.29, 1.82) is 0 Å². The van der Waals surface area contributed by atoms with Crippen LogP contribution < -0.4 is 0 Å². The van der Waals surface area contributed by atoms with Crippen molar-refractivity contribution in [3.63, 3.8) is 0 Å². The van der Waals surface area contributed by atoms with Crippen LogP contribution in [0.1, 0.15) is 54.4 Å². The van der Waals surface area contributed by atoms with Gasteiger partial charge in [-0.2, -0.15) is 0 Å². The molecule has 2 aromatic carbocycles. The summed E-state index contributed by atoms with van der Waals surface area (Å²) in [4.78, 5) is 11.5. The van der Waals surface area contributed by atoms with Gasteiger partial charge in [0.15, 0.2) is 5.78 Å². The van der Waals surface area contributed by atoms with Gasteiger partial charge in [-0.25, -0.2) is 0 Å². The fourth-order valence-corrected chi connectivity index (χ4v) is 3.27. The fourth-order valence-electron chi connectivity index (χ4n) is 3.27. The van der Waals surface area contributed by atoms with Crippen molar-refractivity contribution < 1.29 is 4.79 Å². The SMILES string of the molecule is C=CCCCC(=C1C=CC=C1)c1ccccc1.C=CCCCC(=O)c1ccccc1. The highest BCUT2D eigenvalue weighted by Gasteiger charge is 2.06. The second kappa shape index (κ2) is 13.9. The first kappa shape index (κ1) is 23.1. The molecule has 0 atom stereocenters. The van der Waals surface area contributed by atoms with Gasteiger partial charge in [0.1, 0.15) is 0 Å². The van der Waals surface area contributed by atoms with E-state index in [1.807, 2.05) is 42.5 Å². The van der Waals surface area contributed by atoms with E-state index in [0.29, 0.717) is 6.42 Å². The van der Waals surface area contributed by atoms with Gasteiger partial charge in [0.2, 0.25) is 0 Å². The van der Waals surface area contributed by atoms with Crippen molar-refractivity contribution in [3.05, 3.63) is 127 Å². The van der Waals surface area contributed by atoms with Crippen LogP contribution >= 0.6 is 0 Å². The van der Waals surface area contributed by atoms with Gasteiger partial charge in [0.05, 0.1) is 0 Å². The minimum atomic E-state index is 0.224. The Morgan fingerprint density at radius 1 is 0.700 bits per heavy atom. The van der Waals surface area contributed by atoms with Crippen LogP contribution in [0.4, 0.5) is 0 Å². The predicted octanol–water partition coefficient (Wildman–Crippen LogP) is 8.15. The average Bonchev–Trinajstić information content (AvgIpc) is 3.33. The first-order chi connectivity index (χ1) is 14.8. The topological polar surface area (TPSA) is 17.1 Å². The third-order valence-electron chi connectivity index (χ3n) is 4.88. The zero-order valence-corrected chi connectivity index (χ0v) is 17.8. The zero-order valence-electron chi connectivity index (χ0n) is 17.8. The second-order valence-corrected chi connectivity index (χ2v) is 7.17. The molecule has 0 unspecified atom stereocenters. The van der Waals surface area contributed by atoms with E-state index in [1.54, 1.807) is 0 Å². The molecule has 0 bridgehead atoms. The van der Waals surface area contributed by atoms with Gasteiger partial charge in [-0.05, 0) is 48.8 Å². The van der Waals surface area contributed by atoms with Crippen molar-refractivity contribution in [2.75, 3.05) is 0 Å². The molecule has 154 valence electrons.